The van der Waals surface area contributed by atoms with Crippen LogP contribution in [0.1, 0.15) is 31.4 Å². The quantitative estimate of drug-likeness (QED) is 0.595. The van der Waals surface area contributed by atoms with Crippen molar-refractivity contribution in [2.24, 2.45) is 0 Å². The normalized spacial score (nSPS) is 20.7. The van der Waals surface area contributed by atoms with Crippen LogP contribution in [0.4, 0.5) is 0 Å². The molecule has 0 amide bonds. The number of rotatable bonds is 3. The Balaban J connectivity index is 1.86. The molecule has 0 bridgehead atoms. The molecule has 0 aromatic carbocycles. The number of Topliss-reactive ketones (excluding diaryl/α,β-unsaturated/α-hetero) is 1. The molecule has 0 spiro atoms. The van der Waals surface area contributed by atoms with Crippen LogP contribution >= 0.6 is 0 Å². The van der Waals surface area contributed by atoms with Gasteiger partial charge in [0.2, 0.25) is 0 Å². The average molecular weight is 234 g/mol. The Bertz CT molecular complexity index is 417. The summed E-state index contributed by atoms with van der Waals surface area (Å²) in [4.78, 5) is 22.9. The van der Waals surface area contributed by atoms with Crippen LogP contribution in [-0.4, -0.2) is 17.9 Å². The van der Waals surface area contributed by atoms with Crippen LogP contribution in [0.15, 0.2) is 28.9 Å². The molecule has 1 heterocycles. The van der Waals surface area contributed by atoms with Crippen LogP contribution in [0.5, 0.6) is 0 Å². The Hall–Kier alpha value is -1.84. The highest BCUT2D eigenvalue weighted by molar-refractivity contribution is 5.91. The first-order valence-electron chi connectivity index (χ1n) is 5.70. The molecule has 1 aromatic rings. The summed E-state index contributed by atoms with van der Waals surface area (Å²) in [6, 6.07) is 3.46. The van der Waals surface area contributed by atoms with Crippen molar-refractivity contribution < 1.29 is 18.7 Å². The minimum Gasteiger partial charge on any atom is -0.465 e. The molecule has 1 aliphatic rings. The van der Waals surface area contributed by atoms with E-state index in [2.05, 4.69) is 0 Å². The summed E-state index contributed by atoms with van der Waals surface area (Å²) >= 11 is 0. The van der Waals surface area contributed by atoms with Gasteiger partial charge in [0.05, 0.1) is 6.26 Å². The summed E-state index contributed by atoms with van der Waals surface area (Å²) in [5.41, 5.74) is 0. The van der Waals surface area contributed by atoms with E-state index in [1.165, 1.54) is 18.4 Å². The monoisotopic (exact) mass is 234 g/mol. The van der Waals surface area contributed by atoms with Crippen molar-refractivity contribution in [1.29, 1.82) is 0 Å². The summed E-state index contributed by atoms with van der Waals surface area (Å²) in [6.07, 6.45) is 6.75. The molecule has 4 heteroatoms. The lowest BCUT2D eigenvalue weighted by atomic mass is 9.96. The largest absolute Gasteiger partial charge is 0.465 e. The SMILES string of the molecule is O=C(/C=C/c1ccco1)OC1CCCCC1=O. The van der Waals surface area contributed by atoms with Crippen molar-refractivity contribution in [2.75, 3.05) is 0 Å². The van der Waals surface area contributed by atoms with E-state index in [9.17, 15) is 9.59 Å². The first kappa shape index (κ1) is 11.6. The van der Waals surface area contributed by atoms with Crippen molar-refractivity contribution in [3.05, 3.63) is 30.2 Å². The molecule has 1 aliphatic carbocycles. The number of carbonyl (C=O) groups excluding carboxylic acids is 2. The van der Waals surface area contributed by atoms with Gasteiger partial charge in [0.1, 0.15) is 5.76 Å². The van der Waals surface area contributed by atoms with Gasteiger partial charge in [-0.05, 0) is 37.5 Å². The highest BCUT2D eigenvalue weighted by Gasteiger charge is 2.24. The Morgan fingerprint density at radius 1 is 1.47 bits per heavy atom. The minimum atomic E-state index is -0.558. The van der Waals surface area contributed by atoms with Gasteiger partial charge in [-0.3, -0.25) is 4.79 Å². The Labute approximate surface area is 99.3 Å². The third-order valence-electron chi connectivity index (χ3n) is 2.68. The lowest BCUT2D eigenvalue weighted by Gasteiger charge is -2.19. The smallest absolute Gasteiger partial charge is 0.331 e. The molecule has 2 rings (SSSR count). The van der Waals surface area contributed by atoms with E-state index in [1.54, 1.807) is 12.1 Å². The number of furan rings is 1. The number of hydrogen-bond donors (Lipinski definition) is 0. The molecule has 1 atom stereocenters. The number of hydrogen-bond acceptors (Lipinski definition) is 4. The maximum Gasteiger partial charge on any atom is 0.331 e. The highest BCUT2D eigenvalue weighted by atomic mass is 16.5. The van der Waals surface area contributed by atoms with Gasteiger partial charge in [0, 0.05) is 12.5 Å². The number of esters is 1. The molecule has 17 heavy (non-hydrogen) atoms. The van der Waals surface area contributed by atoms with Crippen LogP contribution in [-0.2, 0) is 14.3 Å². The second-order valence-corrected chi connectivity index (χ2v) is 3.99. The van der Waals surface area contributed by atoms with Crippen molar-refractivity contribution in [1.82, 2.24) is 0 Å². The summed E-state index contributed by atoms with van der Waals surface area (Å²) < 4.78 is 10.1. The van der Waals surface area contributed by atoms with Gasteiger partial charge in [-0.2, -0.15) is 0 Å². The minimum absolute atomic E-state index is 0.0241. The first-order chi connectivity index (χ1) is 8.25. The topological polar surface area (TPSA) is 56.5 Å². The van der Waals surface area contributed by atoms with E-state index < -0.39 is 12.1 Å². The van der Waals surface area contributed by atoms with Crippen LogP contribution in [0.25, 0.3) is 6.08 Å². The number of carbonyl (C=O) groups is 2. The zero-order valence-corrected chi connectivity index (χ0v) is 9.43. The summed E-state index contributed by atoms with van der Waals surface area (Å²) in [5, 5.41) is 0. The van der Waals surface area contributed by atoms with E-state index in [-0.39, 0.29) is 5.78 Å². The van der Waals surface area contributed by atoms with Gasteiger partial charge >= 0.3 is 5.97 Å². The van der Waals surface area contributed by atoms with Crippen molar-refractivity contribution in [2.45, 2.75) is 31.8 Å². The molecule has 1 fully saturated rings. The zero-order chi connectivity index (χ0) is 12.1. The summed E-state index contributed by atoms with van der Waals surface area (Å²) in [7, 11) is 0. The third kappa shape index (κ3) is 3.31. The van der Waals surface area contributed by atoms with E-state index in [0.717, 1.165) is 12.8 Å². The van der Waals surface area contributed by atoms with E-state index in [0.29, 0.717) is 18.6 Å². The first-order valence-corrected chi connectivity index (χ1v) is 5.70. The van der Waals surface area contributed by atoms with Crippen LogP contribution < -0.4 is 0 Å². The van der Waals surface area contributed by atoms with E-state index in [4.69, 9.17) is 9.15 Å². The summed E-state index contributed by atoms with van der Waals surface area (Å²) in [5.74, 6) is 0.106. The predicted octanol–water partition coefficient (Wildman–Crippen LogP) is 2.35. The lowest BCUT2D eigenvalue weighted by Crippen LogP contribution is -2.29. The van der Waals surface area contributed by atoms with Gasteiger partial charge in [-0.1, -0.05) is 0 Å². The Morgan fingerprint density at radius 2 is 2.35 bits per heavy atom. The Kier molecular flexibility index (Phi) is 3.75. The average Bonchev–Trinajstić information content (AvgIpc) is 2.82. The maximum absolute atomic E-state index is 11.4. The molecular formula is C13H14O4. The molecule has 1 saturated carbocycles. The van der Waals surface area contributed by atoms with Crippen LogP contribution in [0, 0.1) is 0 Å². The van der Waals surface area contributed by atoms with Gasteiger partial charge in [0.25, 0.3) is 0 Å². The molecule has 0 aliphatic heterocycles. The molecule has 4 nitrogen and oxygen atoms in total. The second kappa shape index (κ2) is 5.48. The lowest BCUT2D eigenvalue weighted by molar-refractivity contribution is -0.152. The van der Waals surface area contributed by atoms with Gasteiger partial charge < -0.3 is 9.15 Å². The predicted molar refractivity (Wildman–Crippen MR) is 61.1 cm³/mol. The Morgan fingerprint density at radius 3 is 3.06 bits per heavy atom. The third-order valence-corrected chi connectivity index (χ3v) is 2.68. The fraction of sp³-hybridized carbons (Fsp3) is 0.385. The standard InChI is InChI=1S/C13H14O4/c14-11-5-1-2-6-12(11)17-13(15)8-7-10-4-3-9-16-10/h3-4,7-9,12H,1-2,5-6H2/b8-7+. The van der Waals surface area contributed by atoms with E-state index in [1.807, 2.05) is 0 Å². The fourth-order valence-corrected chi connectivity index (χ4v) is 1.79. The molecule has 1 aromatic heterocycles. The molecule has 0 saturated heterocycles. The van der Waals surface area contributed by atoms with Crippen molar-refractivity contribution >= 4 is 17.8 Å². The highest BCUT2D eigenvalue weighted by Crippen LogP contribution is 2.17. The summed E-state index contributed by atoms with van der Waals surface area (Å²) in [6.45, 7) is 0. The van der Waals surface area contributed by atoms with Crippen LogP contribution in [0.2, 0.25) is 0 Å². The van der Waals surface area contributed by atoms with Crippen LogP contribution in [0.3, 0.4) is 0 Å². The van der Waals surface area contributed by atoms with Crippen molar-refractivity contribution in [3.63, 3.8) is 0 Å². The fourth-order valence-electron chi connectivity index (χ4n) is 1.79. The second-order valence-electron chi connectivity index (χ2n) is 3.99. The number of ether oxygens (including phenoxy) is 1. The maximum atomic E-state index is 11.4. The van der Waals surface area contributed by atoms with E-state index >= 15 is 0 Å². The van der Waals surface area contributed by atoms with Gasteiger partial charge in [-0.25, -0.2) is 4.79 Å². The molecular weight excluding hydrogens is 220 g/mol. The van der Waals surface area contributed by atoms with Crippen molar-refractivity contribution in [3.8, 4) is 0 Å². The van der Waals surface area contributed by atoms with Gasteiger partial charge in [0.15, 0.2) is 11.9 Å². The zero-order valence-electron chi connectivity index (χ0n) is 9.43. The molecule has 1 unspecified atom stereocenters. The molecule has 0 radical (unpaired) electrons. The molecule has 90 valence electrons. The van der Waals surface area contributed by atoms with Gasteiger partial charge in [-0.15, -0.1) is 0 Å². The molecule has 0 N–H and O–H groups in total. The number of ketones is 1.